The Kier molecular flexibility index (Phi) is 7.46. The first kappa shape index (κ1) is 25.6. The summed E-state index contributed by atoms with van der Waals surface area (Å²) in [6, 6.07) is 15.5. The highest BCUT2D eigenvalue weighted by Gasteiger charge is 2.43. The minimum absolute atomic E-state index is 0.0238. The van der Waals surface area contributed by atoms with Gasteiger partial charge in [-0.15, -0.1) is 11.8 Å². The monoisotopic (exact) mass is 539 g/mol. The molecule has 2 aromatic carbocycles. The van der Waals surface area contributed by atoms with Gasteiger partial charge in [-0.25, -0.2) is 0 Å². The molecular weight excluding hydrogens is 510 g/mol. The molecule has 0 bridgehead atoms. The van der Waals surface area contributed by atoms with Crippen molar-refractivity contribution in [3.05, 3.63) is 59.1 Å². The summed E-state index contributed by atoms with van der Waals surface area (Å²) in [4.78, 5) is 23.5. The summed E-state index contributed by atoms with van der Waals surface area (Å²) in [5, 5.41) is 13.2. The molecule has 194 valence electrons. The zero-order valence-electron chi connectivity index (χ0n) is 20.6. The predicted octanol–water partition coefficient (Wildman–Crippen LogP) is 4.71. The van der Waals surface area contributed by atoms with E-state index in [2.05, 4.69) is 44.6 Å². The van der Waals surface area contributed by atoms with Crippen LogP contribution >= 0.6 is 23.4 Å². The molecule has 2 aliphatic rings. The Hall–Kier alpha value is -3.01. The number of nitrogens with zero attached hydrogens (tertiary/aromatic N) is 3. The third-order valence-corrected chi connectivity index (χ3v) is 8.30. The molecule has 0 amide bonds. The zero-order valence-corrected chi connectivity index (χ0v) is 22.2. The van der Waals surface area contributed by atoms with Gasteiger partial charge in [-0.3, -0.25) is 4.79 Å². The molecule has 3 heterocycles. The Balaban J connectivity index is 1.29. The predicted molar refractivity (Wildman–Crippen MR) is 147 cm³/mol. The number of carboxylic acids is 1. The van der Waals surface area contributed by atoms with Gasteiger partial charge in [0, 0.05) is 35.6 Å². The SMILES string of the molecule is CSc1cccc(-c2cc(Cl)ccc2COc2cc(N3CCC4(CC3)CN[C@H](C(=O)O)C4)nc(N)n2)c1. The molecule has 4 N–H and O–H groups in total. The van der Waals surface area contributed by atoms with Gasteiger partial charge in [-0.05, 0) is 71.9 Å². The average Bonchev–Trinajstić information content (AvgIpc) is 3.32. The summed E-state index contributed by atoms with van der Waals surface area (Å²) in [6.07, 6.45) is 4.51. The van der Waals surface area contributed by atoms with Gasteiger partial charge in [0.05, 0.1) is 0 Å². The van der Waals surface area contributed by atoms with Gasteiger partial charge in [-0.1, -0.05) is 29.8 Å². The molecule has 1 aromatic heterocycles. The fourth-order valence-electron chi connectivity index (χ4n) is 5.23. The van der Waals surface area contributed by atoms with E-state index in [9.17, 15) is 9.90 Å². The average molecular weight is 540 g/mol. The molecule has 1 atom stereocenters. The molecule has 0 unspecified atom stereocenters. The van der Waals surface area contributed by atoms with E-state index in [1.807, 2.05) is 30.3 Å². The Morgan fingerprint density at radius 2 is 2.05 bits per heavy atom. The van der Waals surface area contributed by atoms with Crippen molar-refractivity contribution in [3.63, 3.8) is 0 Å². The molecule has 3 aromatic rings. The second-order valence-electron chi connectivity index (χ2n) is 9.71. The number of halogens is 1. The summed E-state index contributed by atoms with van der Waals surface area (Å²) in [7, 11) is 0. The summed E-state index contributed by atoms with van der Waals surface area (Å²) in [6.45, 7) is 2.59. The first-order chi connectivity index (χ1) is 17.8. The van der Waals surface area contributed by atoms with Crippen molar-refractivity contribution in [2.24, 2.45) is 5.41 Å². The summed E-state index contributed by atoms with van der Waals surface area (Å²) >= 11 is 8.02. The van der Waals surface area contributed by atoms with Crippen molar-refractivity contribution in [2.75, 3.05) is 36.5 Å². The number of ether oxygens (including phenoxy) is 1. The largest absolute Gasteiger partial charge is 0.480 e. The minimum atomic E-state index is -0.773. The zero-order chi connectivity index (χ0) is 26.0. The van der Waals surface area contributed by atoms with Crippen LogP contribution in [0.2, 0.25) is 5.02 Å². The van der Waals surface area contributed by atoms with E-state index in [0.717, 1.165) is 55.0 Å². The highest BCUT2D eigenvalue weighted by Crippen LogP contribution is 2.40. The third kappa shape index (κ3) is 5.79. The molecular formula is C27H30ClN5O3S. The number of thioether (sulfide) groups is 1. The molecule has 1 spiro atoms. The number of aromatic nitrogens is 2. The number of nitrogens with two attached hydrogens (primary N) is 1. The topological polar surface area (TPSA) is 114 Å². The van der Waals surface area contributed by atoms with Crippen LogP contribution in [0.4, 0.5) is 11.8 Å². The Labute approximate surface area is 225 Å². The van der Waals surface area contributed by atoms with Gasteiger partial charge in [0.2, 0.25) is 11.8 Å². The van der Waals surface area contributed by atoms with Crippen molar-refractivity contribution in [2.45, 2.75) is 36.8 Å². The minimum Gasteiger partial charge on any atom is -0.480 e. The fourth-order valence-corrected chi connectivity index (χ4v) is 5.87. The molecule has 8 nitrogen and oxygen atoms in total. The van der Waals surface area contributed by atoms with Gasteiger partial charge in [0.25, 0.3) is 0 Å². The van der Waals surface area contributed by atoms with E-state index in [-0.39, 0.29) is 11.4 Å². The van der Waals surface area contributed by atoms with Gasteiger partial charge in [-0.2, -0.15) is 9.97 Å². The highest BCUT2D eigenvalue weighted by molar-refractivity contribution is 7.98. The van der Waals surface area contributed by atoms with Crippen LogP contribution in [-0.2, 0) is 11.4 Å². The molecule has 2 aliphatic heterocycles. The molecule has 5 rings (SSSR count). The van der Waals surface area contributed by atoms with E-state index in [0.29, 0.717) is 23.9 Å². The highest BCUT2D eigenvalue weighted by atomic mass is 35.5. The lowest BCUT2D eigenvalue weighted by atomic mass is 9.76. The number of nitrogen functional groups attached to an aromatic ring is 1. The van der Waals surface area contributed by atoms with Crippen molar-refractivity contribution < 1.29 is 14.6 Å². The van der Waals surface area contributed by atoms with Gasteiger partial charge in [0.1, 0.15) is 18.5 Å². The van der Waals surface area contributed by atoms with Gasteiger partial charge < -0.3 is 25.8 Å². The van der Waals surface area contributed by atoms with Crippen LogP contribution in [0.3, 0.4) is 0 Å². The number of aliphatic carboxylic acids is 1. The standard InChI is InChI=1S/C27H30ClN5O3S/c1-37-20-4-2-3-17(11-20)21-12-19(28)6-5-18(21)15-36-24-13-23(31-26(29)32-24)33-9-7-27(8-10-33)14-22(25(34)35)30-16-27/h2-6,11-13,22,30H,7-10,14-16H2,1H3,(H,34,35)(H2,29,31,32)/t22-/m0/s1. The normalized spacial score (nSPS) is 18.8. The first-order valence-corrected chi connectivity index (χ1v) is 13.9. The second kappa shape index (κ2) is 10.8. The molecule has 0 aliphatic carbocycles. The van der Waals surface area contributed by atoms with Crippen LogP contribution < -0.4 is 20.7 Å². The van der Waals surface area contributed by atoms with Crippen molar-refractivity contribution in [3.8, 4) is 17.0 Å². The summed E-state index contributed by atoms with van der Waals surface area (Å²) in [5.74, 6) is 0.521. The van der Waals surface area contributed by atoms with Crippen LogP contribution in [0.1, 0.15) is 24.8 Å². The maximum Gasteiger partial charge on any atom is 0.320 e. The molecule has 2 saturated heterocycles. The molecule has 0 radical (unpaired) electrons. The van der Waals surface area contributed by atoms with E-state index in [1.165, 1.54) is 4.90 Å². The Bertz CT molecular complexity index is 1300. The van der Waals surface area contributed by atoms with E-state index >= 15 is 0 Å². The van der Waals surface area contributed by atoms with Crippen molar-refractivity contribution in [1.82, 2.24) is 15.3 Å². The lowest BCUT2D eigenvalue weighted by Crippen LogP contribution is -2.41. The first-order valence-electron chi connectivity index (χ1n) is 12.3. The molecule has 2 fully saturated rings. The van der Waals surface area contributed by atoms with Gasteiger partial charge >= 0.3 is 5.97 Å². The van der Waals surface area contributed by atoms with Crippen LogP contribution in [0, 0.1) is 5.41 Å². The number of hydrogen-bond donors (Lipinski definition) is 3. The van der Waals surface area contributed by atoms with Crippen LogP contribution in [0.15, 0.2) is 53.4 Å². The van der Waals surface area contributed by atoms with E-state index in [1.54, 1.807) is 11.8 Å². The fraction of sp³-hybridized carbons (Fsp3) is 0.370. The number of carbonyl (C=O) groups is 1. The van der Waals surface area contributed by atoms with Crippen LogP contribution in [-0.4, -0.2) is 53.0 Å². The van der Waals surface area contributed by atoms with Crippen LogP contribution in [0.5, 0.6) is 5.88 Å². The second-order valence-corrected chi connectivity index (χ2v) is 11.0. The van der Waals surface area contributed by atoms with Crippen molar-refractivity contribution >= 4 is 41.1 Å². The number of hydrogen-bond acceptors (Lipinski definition) is 8. The lowest BCUT2D eigenvalue weighted by molar-refractivity contribution is -0.139. The number of rotatable bonds is 7. The quantitative estimate of drug-likeness (QED) is 0.367. The van der Waals surface area contributed by atoms with E-state index in [4.69, 9.17) is 22.1 Å². The lowest BCUT2D eigenvalue weighted by Gasteiger charge is -2.39. The molecule has 37 heavy (non-hydrogen) atoms. The molecule has 10 heteroatoms. The van der Waals surface area contributed by atoms with Gasteiger partial charge in [0.15, 0.2) is 0 Å². The smallest absolute Gasteiger partial charge is 0.320 e. The van der Waals surface area contributed by atoms with Crippen molar-refractivity contribution in [1.29, 1.82) is 0 Å². The summed E-state index contributed by atoms with van der Waals surface area (Å²) < 4.78 is 6.12. The van der Waals surface area contributed by atoms with E-state index < -0.39 is 12.0 Å². The maximum absolute atomic E-state index is 11.4. The maximum atomic E-state index is 11.4. The number of carboxylic acid groups (broad SMARTS) is 1. The number of nitrogens with one attached hydrogen (secondary N) is 1. The number of piperidine rings is 1. The number of benzene rings is 2. The molecule has 0 saturated carbocycles. The summed E-state index contributed by atoms with van der Waals surface area (Å²) in [5.41, 5.74) is 9.15. The Morgan fingerprint density at radius 3 is 2.78 bits per heavy atom. The third-order valence-electron chi connectivity index (χ3n) is 7.34. The number of anilines is 2. The Morgan fingerprint density at radius 1 is 1.24 bits per heavy atom. The van der Waals surface area contributed by atoms with Crippen LogP contribution in [0.25, 0.3) is 11.1 Å².